The number of ether oxygens (including phenoxy) is 1. The van der Waals surface area contributed by atoms with Crippen molar-refractivity contribution in [3.8, 4) is 0 Å². The Hall–Kier alpha value is -1.06. The van der Waals surface area contributed by atoms with Gasteiger partial charge in [0.05, 0.1) is 0 Å². The Balaban J connectivity index is 5.19. The van der Waals surface area contributed by atoms with Crippen LogP contribution in [0, 0.1) is 17.3 Å². The zero-order chi connectivity index (χ0) is 18.0. The van der Waals surface area contributed by atoms with Crippen molar-refractivity contribution in [1.82, 2.24) is 0 Å². The maximum absolute atomic E-state index is 12.8. The van der Waals surface area contributed by atoms with Crippen LogP contribution in [0.25, 0.3) is 0 Å². The molecule has 0 aromatic carbocycles. The molecule has 0 bridgehead atoms. The summed E-state index contributed by atoms with van der Waals surface area (Å²) < 4.78 is 5.66. The molecular formula is C19H36O4. The Labute approximate surface area is 142 Å². The van der Waals surface area contributed by atoms with Crippen molar-refractivity contribution in [2.24, 2.45) is 17.3 Å². The van der Waals surface area contributed by atoms with Gasteiger partial charge in [-0.3, -0.25) is 9.59 Å². The topological polar surface area (TPSA) is 63.6 Å². The molecule has 23 heavy (non-hydrogen) atoms. The van der Waals surface area contributed by atoms with E-state index >= 15 is 0 Å². The first kappa shape index (κ1) is 21.9. The summed E-state index contributed by atoms with van der Waals surface area (Å²) in [5, 5.41) is 9.79. The number of esters is 1. The van der Waals surface area contributed by atoms with Gasteiger partial charge in [-0.15, -0.1) is 0 Å². The summed E-state index contributed by atoms with van der Waals surface area (Å²) in [5.41, 5.74) is -1.42. The molecule has 0 amide bonds. The normalized spacial score (nSPS) is 13.4. The van der Waals surface area contributed by atoms with Gasteiger partial charge in [0.15, 0.2) is 5.41 Å². The number of hydrogen-bond acceptors (Lipinski definition) is 3. The van der Waals surface area contributed by atoms with Gasteiger partial charge in [-0.2, -0.15) is 0 Å². The van der Waals surface area contributed by atoms with E-state index < -0.39 is 17.4 Å². The van der Waals surface area contributed by atoms with E-state index in [1.807, 2.05) is 34.6 Å². The molecule has 0 aromatic heterocycles. The summed E-state index contributed by atoms with van der Waals surface area (Å²) in [6, 6.07) is 0. The maximum atomic E-state index is 12.8. The van der Waals surface area contributed by atoms with Gasteiger partial charge >= 0.3 is 11.9 Å². The minimum absolute atomic E-state index is 0.123. The maximum Gasteiger partial charge on any atom is 0.323 e. The summed E-state index contributed by atoms with van der Waals surface area (Å²) >= 11 is 0. The van der Waals surface area contributed by atoms with Gasteiger partial charge in [-0.25, -0.2) is 0 Å². The summed E-state index contributed by atoms with van der Waals surface area (Å²) in [6.07, 6.45) is 5.25. The minimum atomic E-state index is -1.42. The minimum Gasteiger partial charge on any atom is -0.480 e. The molecule has 0 aromatic rings. The van der Waals surface area contributed by atoms with E-state index in [1.54, 1.807) is 0 Å². The van der Waals surface area contributed by atoms with Crippen molar-refractivity contribution in [1.29, 1.82) is 0 Å². The van der Waals surface area contributed by atoms with E-state index in [0.717, 1.165) is 32.1 Å². The summed E-state index contributed by atoms with van der Waals surface area (Å²) in [4.78, 5) is 24.7. The molecule has 1 N–H and O–H groups in total. The largest absolute Gasteiger partial charge is 0.480 e. The molecule has 0 saturated carbocycles. The van der Waals surface area contributed by atoms with Crippen LogP contribution in [-0.2, 0) is 14.3 Å². The third-order valence-electron chi connectivity index (χ3n) is 4.17. The zero-order valence-electron chi connectivity index (χ0n) is 15.9. The van der Waals surface area contributed by atoms with E-state index in [9.17, 15) is 14.7 Å². The fourth-order valence-electron chi connectivity index (χ4n) is 3.14. The molecule has 0 radical (unpaired) electrons. The average Bonchev–Trinajstić information content (AvgIpc) is 2.44. The molecule has 4 heteroatoms. The van der Waals surface area contributed by atoms with Crippen molar-refractivity contribution in [3.05, 3.63) is 0 Å². The Morgan fingerprint density at radius 3 is 1.87 bits per heavy atom. The van der Waals surface area contributed by atoms with E-state index in [1.165, 1.54) is 0 Å². The number of carboxylic acid groups (broad SMARTS) is 1. The molecule has 0 rings (SSSR count). The highest BCUT2D eigenvalue weighted by Crippen LogP contribution is 2.36. The van der Waals surface area contributed by atoms with Crippen LogP contribution in [-0.4, -0.2) is 23.1 Å². The van der Waals surface area contributed by atoms with Crippen LogP contribution in [0.4, 0.5) is 0 Å². The average molecular weight is 328 g/mol. The van der Waals surface area contributed by atoms with Crippen LogP contribution >= 0.6 is 0 Å². The summed E-state index contributed by atoms with van der Waals surface area (Å²) in [5.74, 6) is -1.35. The molecule has 0 fully saturated rings. The third-order valence-corrected chi connectivity index (χ3v) is 4.17. The Kier molecular flexibility index (Phi) is 10.2. The van der Waals surface area contributed by atoms with Crippen molar-refractivity contribution in [2.45, 2.75) is 92.6 Å². The smallest absolute Gasteiger partial charge is 0.323 e. The highest BCUT2D eigenvalue weighted by Gasteiger charge is 2.48. The molecule has 0 spiro atoms. The van der Waals surface area contributed by atoms with Crippen LogP contribution in [0.5, 0.6) is 0 Å². The molecule has 0 saturated heterocycles. The molecule has 1 atom stereocenters. The quantitative estimate of drug-likeness (QED) is 0.309. The highest BCUT2D eigenvalue weighted by atomic mass is 16.5. The molecule has 0 aliphatic rings. The first-order chi connectivity index (χ1) is 10.7. The van der Waals surface area contributed by atoms with Crippen LogP contribution in [0.3, 0.4) is 0 Å². The summed E-state index contributed by atoms with van der Waals surface area (Å²) in [7, 11) is 0. The lowest BCUT2D eigenvalue weighted by atomic mass is 9.74. The monoisotopic (exact) mass is 328 g/mol. The lowest BCUT2D eigenvalue weighted by molar-refractivity contribution is -0.176. The van der Waals surface area contributed by atoms with E-state index in [-0.39, 0.29) is 17.9 Å². The second-order valence-corrected chi connectivity index (χ2v) is 7.51. The molecule has 0 aliphatic heterocycles. The number of aliphatic carboxylic acids is 1. The lowest BCUT2D eigenvalue weighted by Crippen LogP contribution is -2.44. The predicted octanol–water partition coefficient (Wildman–Crippen LogP) is 5.05. The van der Waals surface area contributed by atoms with E-state index in [2.05, 4.69) is 6.92 Å². The summed E-state index contributed by atoms with van der Waals surface area (Å²) in [6.45, 7) is 11.9. The third kappa shape index (κ3) is 7.36. The van der Waals surface area contributed by atoms with Crippen molar-refractivity contribution in [3.63, 3.8) is 0 Å². The molecule has 0 aliphatic carbocycles. The number of carbonyl (C=O) groups is 2. The number of hydrogen-bond donors (Lipinski definition) is 1. The molecule has 4 nitrogen and oxygen atoms in total. The van der Waals surface area contributed by atoms with Crippen LogP contribution in [0.15, 0.2) is 0 Å². The first-order valence-corrected chi connectivity index (χ1v) is 9.14. The van der Waals surface area contributed by atoms with Gasteiger partial charge in [0, 0.05) is 0 Å². The van der Waals surface area contributed by atoms with Crippen LogP contribution in [0.2, 0.25) is 0 Å². The number of rotatable bonds is 12. The van der Waals surface area contributed by atoms with Crippen molar-refractivity contribution >= 4 is 11.9 Å². The van der Waals surface area contributed by atoms with Gasteiger partial charge in [-0.05, 0) is 43.9 Å². The highest BCUT2D eigenvalue weighted by molar-refractivity contribution is 5.99. The fourth-order valence-corrected chi connectivity index (χ4v) is 3.14. The second-order valence-electron chi connectivity index (χ2n) is 7.51. The predicted molar refractivity (Wildman–Crippen MR) is 93.3 cm³/mol. The van der Waals surface area contributed by atoms with Gasteiger partial charge in [-0.1, -0.05) is 54.4 Å². The molecular weight excluding hydrogens is 292 g/mol. The Bertz CT molecular complexity index is 350. The standard InChI is InChI=1S/C19H36O4/c1-7-9-10-11-16(8-2)23-18(22)19(17(20)21,12-14(3)4)13-15(5)6/h14-16H,7-13H2,1-6H3,(H,20,21). The lowest BCUT2D eigenvalue weighted by Gasteiger charge is -2.32. The van der Waals surface area contributed by atoms with Crippen molar-refractivity contribution < 1.29 is 19.4 Å². The molecule has 1 unspecified atom stereocenters. The number of unbranched alkanes of at least 4 members (excludes halogenated alkanes) is 2. The number of carboxylic acids is 1. The Morgan fingerprint density at radius 1 is 1.00 bits per heavy atom. The molecule has 136 valence electrons. The van der Waals surface area contributed by atoms with Crippen molar-refractivity contribution in [2.75, 3.05) is 0 Å². The SMILES string of the molecule is CCCCCC(CC)OC(=O)C(CC(C)C)(CC(C)C)C(=O)O. The zero-order valence-corrected chi connectivity index (χ0v) is 15.9. The van der Waals surface area contributed by atoms with Gasteiger partial charge in [0.2, 0.25) is 0 Å². The van der Waals surface area contributed by atoms with E-state index in [4.69, 9.17) is 4.74 Å². The second kappa shape index (κ2) is 10.7. The van der Waals surface area contributed by atoms with Gasteiger partial charge in [0.1, 0.15) is 6.10 Å². The fraction of sp³-hybridized carbons (Fsp3) is 0.895. The molecule has 0 heterocycles. The van der Waals surface area contributed by atoms with E-state index in [0.29, 0.717) is 12.8 Å². The van der Waals surface area contributed by atoms with Gasteiger partial charge in [0.25, 0.3) is 0 Å². The first-order valence-electron chi connectivity index (χ1n) is 9.14. The van der Waals surface area contributed by atoms with Gasteiger partial charge < -0.3 is 9.84 Å². The van der Waals surface area contributed by atoms with Crippen LogP contribution < -0.4 is 0 Å². The van der Waals surface area contributed by atoms with Crippen LogP contribution in [0.1, 0.15) is 86.5 Å². The number of carbonyl (C=O) groups excluding carboxylic acids is 1. The Morgan fingerprint density at radius 2 is 1.52 bits per heavy atom.